The van der Waals surface area contributed by atoms with Gasteiger partial charge in [-0.3, -0.25) is 0 Å². The Kier molecular flexibility index (Phi) is 5.27. The molecule has 0 aromatic rings. The molecule has 0 aliphatic heterocycles. The Bertz CT molecular complexity index is 211. The Morgan fingerprint density at radius 1 is 1.15 bits per heavy atom. The number of allylic oxidation sites excluding steroid dienone is 6. The maximum absolute atomic E-state index is 5.43. The minimum Gasteiger partial charge on any atom is -0.330 e. The molecule has 0 unspecified atom stereocenters. The van der Waals surface area contributed by atoms with E-state index < -0.39 is 0 Å². The quantitative estimate of drug-likeness (QED) is 0.642. The first-order valence-electron chi connectivity index (χ1n) is 5.16. The van der Waals surface area contributed by atoms with Gasteiger partial charge in [-0.2, -0.15) is 0 Å². The highest BCUT2D eigenvalue weighted by Crippen LogP contribution is 2.12. The fourth-order valence-corrected chi connectivity index (χ4v) is 1.44. The smallest absolute Gasteiger partial charge is 0.00773 e. The average Bonchev–Trinajstić information content (AvgIpc) is 2.41. The molecule has 13 heavy (non-hydrogen) atoms. The predicted molar refractivity (Wildman–Crippen MR) is 58.5 cm³/mol. The van der Waals surface area contributed by atoms with Crippen molar-refractivity contribution in [3.63, 3.8) is 0 Å². The van der Waals surface area contributed by atoms with Crippen LogP contribution in [-0.4, -0.2) is 6.54 Å². The largest absolute Gasteiger partial charge is 0.330 e. The van der Waals surface area contributed by atoms with Crippen molar-refractivity contribution in [2.75, 3.05) is 6.54 Å². The minimum absolute atomic E-state index is 0.828. The number of hydrogen-bond acceptors (Lipinski definition) is 1. The highest BCUT2D eigenvalue weighted by Gasteiger charge is 1.93. The summed E-state index contributed by atoms with van der Waals surface area (Å²) in [5, 5.41) is 0. The monoisotopic (exact) mass is 177 g/mol. The zero-order chi connectivity index (χ0) is 9.36. The first-order valence-corrected chi connectivity index (χ1v) is 5.16. The van der Waals surface area contributed by atoms with E-state index in [1.54, 1.807) is 0 Å². The molecule has 0 saturated heterocycles. The summed E-state index contributed by atoms with van der Waals surface area (Å²) in [4.78, 5) is 0. The first kappa shape index (κ1) is 10.3. The van der Waals surface area contributed by atoms with Crippen LogP contribution in [0.25, 0.3) is 0 Å². The molecule has 0 aromatic heterocycles. The summed E-state index contributed by atoms with van der Waals surface area (Å²) in [6, 6.07) is 0. The van der Waals surface area contributed by atoms with Crippen molar-refractivity contribution < 1.29 is 0 Å². The van der Waals surface area contributed by atoms with E-state index in [4.69, 9.17) is 5.73 Å². The van der Waals surface area contributed by atoms with Crippen molar-refractivity contribution in [3.05, 3.63) is 36.0 Å². The molecule has 1 heteroatoms. The van der Waals surface area contributed by atoms with E-state index in [2.05, 4.69) is 30.4 Å². The second-order valence-electron chi connectivity index (χ2n) is 3.41. The average molecular weight is 177 g/mol. The van der Waals surface area contributed by atoms with E-state index in [1.807, 2.05) is 0 Å². The van der Waals surface area contributed by atoms with Gasteiger partial charge in [0, 0.05) is 0 Å². The molecule has 0 fully saturated rings. The maximum atomic E-state index is 5.43. The fraction of sp³-hybridized carbons (Fsp3) is 0.500. The van der Waals surface area contributed by atoms with Crippen LogP contribution in [0.4, 0.5) is 0 Å². The Balaban J connectivity index is 2.19. The zero-order valence-corrected chi connectivity index (χ0v) is 8.21. The molecule has 0 saturated carbocycles. The van der Waals surface area contributed by atoms with Crippen LogP contribution >= 0.6 is 0 Å². The molecule has 72 valence electrons. The molecule has 1 rings (SSSR count). The van der Waals surface area contributed by atoms with Crippen molar-refractivity contribution in [1.82, 2.24) is 0 Å². The zero-order valence-electron chi connectivity index (χ0n) is 8.21. The van der Waals surface area contributed by atoms with Crippen molar-refractivity contribution in [2.24, 2.45) is 5.73 Å². The highest BCUT2D eigenvalue weighted by atomic mass is 14.5. The van der Waals surface area contributed by atoms with Gasteiger partial charge in [0.25, 0.3) is 0 Å². The fourth-order valence-electron chi connectivity index (χ4n) is 1.44. The summed E-state index contributed by atoms with van der Waals surface area (Å²) in [6.07, 6.45) is 17.0. The van der Waals surface area contributed by atoms with E-state index in [0.29, 0.717) is 0 Å². The van der Waals surface area contributed by atoms with Crippen molar-refractivity contribution >= 4 is 0 Å². The van der Waals surface area contributed by atoms with Crippen LogP contribution in [0.15, 0.2) is 36.0 Å². The van der Waals surface area contributed by atoms with Gasteiger partial charge in [0.15, 0.2) is 0 Å². The Hall–Kier alpha value is -0.820. The molecule has 1 nitrogen and oxygen atoms in total. The van der Waals surface area contributed by atoms with Crippen molar-refractivity contribution in [2.45, 2.75) is 32.1 Å². The van der Waals surface area contributed by atoms with Crippen LogP contribution < -0.4 is 5.73 Å². The number of rotatable bonds is 5. The third kappa shape index (κ3) is 4.69. The molecule has 1 aliphatic rings. The summed E-state index contributed by atoms with van der Waals surface area (Å²) in [6.45, 7) is 0.828. The van der Waals surface area contributed by atoms with Crippen LogP contribution in [0.3, 0.4) is 0 Å². The second-order valence-corrected chi connectivity index (χ2v) is 3.41. The summed E-state index contributed by atoms with van der Waals surface area (Å²) in [5.74, 6) is 0. The topological polar surface area (TPSA) is 26.0 Å². The molecule has 0 heterocycles. The van der Waals surface area contributed by atoms with Crippen LogP contribution in [0.1, 0.15) is 32.1 Å². The van der Waals surface area contributed by atoms with E-state index in [-0.39, 0.29) is 0 Å². The van der Waals surface area contributed by atoms with E-state index in [9.17, 15) is 0 Å². The Morgan fingerprint density at radius 2 is 2.08 bits per heavy atom. The summed E-state index contributed by atoms with van der Waals surface area (Å²) in [5.41, 5.74) is 6.88. The van der Waals surface area contributed by atoms with Gasteiger partial charge in [-0.15, -0.1) is 0 Å². The van der Waals surface area contributed by atoms with Gasteiger partial charge in [-0.25, -0.2) is 0 Å². The molecule has 0 bridgehead atoms. The Labute approximate surface area is 81.0 Å². The summed E-state index contributed by atoms with van der Waals surface area (Å²) in [7, 11) is 0. The maximum Gasteiger partial charge on any atom is -0.00773 e. The van der Waals surface area contributed by atoms with Crippen molar-refractivity contribution in [3.8, 4) is 0 Å². The molecule has 0 aromatic carbocycles. The van der Waals surface area contributed by atoms with Gasteiger partial charge < -0.3 is 5.73 Å². The lowest BCUT2D eigenvalue weighted by Crippen LogP contribution is -1.97. The lowest BCUT2D eigenvalue weighted by atomic mass is 10.1. The van der Waals surface area contributed by atoms with Crippen LogP contribution in [0.2, 0.25) is 0 Å². The third-order valence-corrected chi connectivity index (χ3v) is 2.22. The molecule has 1 aliphatic carbocycles. The predicted octanol–water partition coefficient (Wildman–Crippen LogP) is 2.95. The number of nitrogens with two attached hydrogens (primary N) is 1. The molecule has 0 amide bonds. The molecular weight excluding hydrogens is 158 g/mol. The van der Waals surface area contributed by atoms with Gasteiger partial charge >= 0.3 is 0 Å². The van der Waals surface area contributed by atoms with Gasteiger partial charge in [-0.1, -0.05) is 36.8 Å². The van der Waals surface area contributed by atoms with E-state index in [0.717, 1.165) is 19.4 Å². The van der Waals surface area contributed by atoms with Crippen LogP contribution in [0, 0.1) is 0 Å². The number of unbranched alkanes of at least 4 members (excludes halogenated alkanes) is 2. The van der Waals surface area contributed by atoms with Crippen LogP contribution in [-0.2, 0) is 0 Å². The van der Waals surface area contributed by atoms with Crippen LogP contribution in [0.5, 0.6) is 0 Å². The molecule has 2 N–H and O–H groups in total. The molecular formula is C12H19N. The van der Waals surface area contributed by atoms with Crippen molar-refractivity contribution in [1.29, 1.82) is 0 Å². The SMILES string of the molecule is NCCCCCC1=CC=CCC=C1. The lowest BCUT2D eigenvalue weighted by Gasteiger charge is -2.00. The van der Waals surface area contributed by atoms with E-state index in [1.165, 1.54) is 24.8 Å². The Morgan fingerprint density at radius 3 is 2.92 bits per heavy atom. The standard InChI is InChI=1S/C12H19N/c13-11-7-3-6-10-12-8-4-1-2-5-9-12/h1,4-5,8-9H,2-3,6-7,10-11,13H2. The highest BCUT2D eigenvalue weighted by molar-refractivity contribution is 5.26. The van der Waals surface area contributed by atoms with Gasteiger partial charge in [0.05, 0.1) is 0 Å². The minimum atomic E-state index is 0.828. The van der Waals surface area contributed by atoms with Gasteiger partial charge in [-0.05, 0) is 37.8 Å². The molecule has 0 radical (unpaired) electrons. The molecule has 0 atom stereocenters. The van der Waals surface area contributed by atoms with E-state index >= 15 is 0 Å². The third-order valence-electron chi connectivity index (χ3n) is 2.22. The first-order chi connectivity index (χ1) is 6.43. The molecule has 0 spiro atoms. The summed E-state index contributed by atoms with van der Waals surface area (Å²) < 4.78 is 0. The van der Waals surface area contributed by atoms with Gasteiger partial charge in [0.1, 0.15) is 0 Å². The second kappa shape index (κ2) is 6.67. The summed E-state index contributed by atoms with van der Waals surface area (Å²) >= 11 is 0. The van der Waals surface area contributed by atoms with Gasteiger partial charge in [0.2, 0.25) is 0 Å². The number of hydrogen-bond donors (Lipinski definition) is 1. The normalized spacial score (nSPS) is 15.6. The lowest BCUT2D eigenvalue weighted by molar-refractivity contribution is 0.688.